The van der Waals surface area contributed by atoms with Crippen LogP contribution in [0.25, 0.3) is 0 Å². The van der Waals surface area contributed by atoms with Gasteiger partial charge < -0.3 is 10.0 Å². The van der Waals surface area contributed by atoms with Gasteiger partial charge in [-0.05, 0) is 62.6 Å². The van der Waals surface area contributed by atoms with Gasteiger partial charge in [-0.2, -0.15) is 0 Å². The molecule has 1 aromatic carbocycles. The number of phenolic OH excluding ortho intramolecular Hbond substituents is 1. The van der Waals surface area contributed by atoms with E-state index in [0.29, 0.717) is 17.5 Å². The fourth-order valence-corrected chi connectivity index (χ4v) is 4.61. The number of nitrogens with zero attached hydrogens (tertiary/aromatic N) is 4. The Balaban J connectivity index is 1.41. The van der Waals surface area contributed by atoms with E-state index in [1.54, 1.807) is 12.1 Å². The number of carbonyl (C=O) groups excluding carboxylic acids is 1. The summed E-state index contributed by atoms with van der Waals surface area (Å²) in [5.41, 5.74) is 1.68. The topological polar surface area (TPSA) is 71.2 Å². The SMILES string of the molecule is O=C(c1cn(C2CCCCC2)nn1)N1CCCCC1CCc1ccc(O)cc1. The molecule has 6 heteroatoms. The van der Waals surface area contributed by atoms with Gasteiger partial charge in [-0.25, -0.2) is 4.68 Å². The Morgan fingerprint density at radius 2 is 1.79 bits per heavy atom. The maximum absolute atomic E-state index is 13.1. The van der Waals surface area contributed by atoms with Crippen molar-refractivity contribution in [3.63, 3.8) is 0 Å². The van der Waals surface area contributed by atoms with Gasteiger partial charge in [0.15, 0.2) is 5.69 Å². The summed E-state index contributed by atoms with van der Waals surface area (Å²) in [6.45, 7) is 0.801. The molecule has 150 valence electrons. The van der Waals surface area contributed by atoms with Crippen LogP contribution in [-0.2, 0) is 6.42 Å². The summed E-state index contributed by atoms with van der Waals surface area (Å²) in [7, 11) is 0. The van der Waals surface area contributed by atoms with Crippen molar-refractivity contribution in [2.75, 3.05) is 6.54 Å². The fourth-order valence-electron chi connectivity index (χ4n) is 4.61. The van der Waals surface area contributed by atoms with Crippen LogP contribution in [0.1, 0.15) is 79.9 Å². The second-order valence-electron chi connectivity index (χ2n) is 8.23. The number of hydrogen-bond donors (Lipinski definition) is 1. The summed E-state index contributed by atoms with van der Waals surface area (Å²) in [6, 6.07) is 8.01. The zero-order valence-corrected chi connectivity index (χ0v) is 16.5. The molecular weight excluding hydrogens is 352 g/mol. The number of piperidine rings is 1. The molecule has 1 saturated heterocycles. The van der Waals surface area contributed by atoms with E-state index in [1.807, 2.05) is 27.9 Å². The highest BCUT2D eigenvalue weighted by molar-refractivity contribution is 5.92. The molecule has 1 aromatic heterocycles. The Labute approximate surface area is 166 Å². The number of hydrogen-bond acceptors (Lipinski definition) is 4. The standard InChI is InChI=1S/C22H30N4O2/c27-20-13-10-17(11-14-20)9-12-18-6-4-5-15-25(18)22(28)21-16-26(24-23-21)19-7-2-1-3-8-19/h10-11,13-14,16,18-19,27H,1-9,12,15H2. The third-order valence-electron chi connectivity index (χ3n) is 6.27. The Morgan fingerprint density at radius 1 is 1.04 bits per heavy atom. The average Bonchev–Trinajstić information content (AvgIpc) is 3.24. The molecule has 2 heterocycles. The number of phenols is 1. The van der Waals surface area contributed by atoms with Gasteiger partial charge in [0.05, 0.1) is 12.2 Å². The van der Waals surface area contributed by atoms with Crippen molar-refractivity contribution in [1.29, 1.82) is 0 Å². The van der Waals surface area contributed by atoms with Gasteiger partial charge in [-0.3, -0.25) is 4.79 Å². The summed E-state index contributed by atoms with van der Waals surface area (Å²) < 4.78 is 1.92. The van der Waals surface area contributed by atoms with Gasteiger partial charge in [0.1, 0.15) is 5.75 Å². The second-order valence-corrected chi connectivity index (χ2v) is 8.23. The highest BCUT2D eigenvalue weighted by atomic mass is 16.3. The lowest BCUT2D eigenvalue weighted by atomic mass is 9.95. The Hall–Kier alpha value is -2.37. The number of aromatic nitrogens is 3. The minimum atomic E-state index is 0.0254. The maximum atomic E-state index is 13.1. The molecule has 1 amide bonds. The van der Waals surface area contributed by atoms with E-state index in [0.717, 1.165) is 45.1 Å². The zero-order chi connectivity index (χ0) is 19.3. The molecule has 2 aliphatic rings. The molecule has 2 fully saturated rings. The van der Waals surface area contributed by atoms with Gasteiger partial charge in [0.25, 0.3) is 5.91 Å². The highest BCUT2D eigenvalue weighted by Gasteiger charge is 2.29. The summed E-state index contributed by atoms with van der Waals surface area (Å²) >= 11 is 0. The van der Waals surface area contributed by atoms with Crippen LogP contribution in [0.5, 0.6) is 5.75 Å². The van der Waals surface area contributed by atoms with Gasteiger partial charge in [-0.1, -0.05) is 36.6 Å². The number of likely N-dealkylation sites (tertiary alicyclic amines) is 1. The molecule has 1 aliphatic heterocycles. The van der Waals surface area contributed by atoms with E-state index < -0.39 is 0 Å². The first-order valence-electron chi connectivity index (χ1n) is 10.7. The van der Waals surface area contributed by atoms with Crippen molar-refractivity contribution >= 4 is 5.91 Å². The van der Waals surface area contributed by atoms with Crippen LogP contribution >= 0.6 is 0 Å². The molecule has 1 N–H and O–H groups in total. The number of benzene rings is 1. The third-order valence-corrected chi connectivity index (χ3v) is 6.27. The van der Waals surface area contributed by atoms with Gasteiger partial charge >= 0.3 is 0 Å². The predicted octanol–water partition coefficient (Wildman–Crippen LogP) is 4.12. The number of aromatic hydroxyl groups is 1. The molecule has 0 bridgehead atoms. The summed E-state index contributed by atoms with van der Waals surface area (Å²) in [4.78, 5) is 15.2. The molecule has 1 saturated carbocycles. The van der Waals surface area contributed by atoms with Crippen molar-refractivity contribution < 1.29 is 9.90 Å². The van der Waals surface area contributed by atoms with Gasteiger partial charge in [-0.15, -0.1) is 5.10 Å². The van der Waals surface area contributed by atoms with Crippen LogP contribution in [0.4, 0.5) is 0 Å². The normalized spacial score (nSPS) is 21.0. The zero-order valence-electron chi connectivity index (χ0n) is 16.5. The van der Waals surface area contributed by atoms with Crippen molar-refractivity contribution in [2.45, 2.75) is 76.3 Å². The van der Waals surface area contributed by atoms with E-state index in [2.05, 4.69) is 10.3 Å². The minimum absolute atomic E-state index is 0.0254. The van der Waals surface area contributed by atoms with E-state index in [1.165, 1.54) is 31.2 Å². The van der Waals surface area contributed by atoms with Crippen LogP contribution < -0.4 is 0 Å². The lowest BCUT2D eigenvalue weighted by molar-refractivity contribution is 0.0595. The van der Waals surface area contributed by atoms with Crippen molar-refractivity contribution in [2.24, 2.45) is 0 Å². The van der Waals surface area contributed by atoms with Crippen LogP contribution in [0.2, 0.25) is 0 Å². The lowest BCUT2D eigenvalue weighted by Gasteiger charge is -2.35. The molecule has 1 atom stereocenters. The first-order valence-corrected chi connectivity index (χ1v) is 10.7. The average molecular weight is 383 g/mol. The van der Waals surface area contributed by atoms with Gasteiger partial charge in [0, 0.05) is 12.6 Å². The second kappa shape index (κ2) is 8.76. The smallest absolute Gasteiger partial charge is 0.276 e. The molecule has 2 aromatic rings. The van der Waals surface area contributed by atoms with E-state index >= 15 is 0 Å². The van der Waals surface area contributed by atoms with E-state index in [9.17, 15) is 9.90 Å². The predicted molar refractivity (Wildman–Crippen MR) is 107 cm³/mol. The first kappa shape index (κ1) is 19.0. The molecule has 0 radical (unpaired) electrons. The Bertz CT molecular complexity index is 780. The van der Waals surface area contributed by atoms with Gasteiger partial charge in [0.2, 0.25) is 0 Å². The summed E-state index contributed by atoms with van der Waals surface area (Å²) in [5.74, 6) is 0.316. The summed E-state index contributed by atoms with van der Waals surface area (Å²) in [5, 5.41) is 17.9. The van der Waals surface area contributed by atoms with E-state index in [4.69, 9.17) is 0 Å². The number of carbonyl (C=O) groups is 1. The highest BCUT2D eigenvalue weighted by Crippen LogP contribution is 2.28. The molecule has 1 aliphatic carbocycles. The molecule has 28 heavy (non-hydrogen) atoms. The summed E-state index contributed by atoms with van der Waals surface area (Å²) in [6.07, 6.45) is 13.0. The number of aryl methyl sites for hydroxylation is 1. The van der Waals surface area contributed by atoms with Crippen LogP contribution in [-0.4, -0.2) is 43.5 Å². The monoisotopic (exact) mass is 382 g/mol. The molecule has 1 unspecified atom stereocenters. The van der Waals surface area contributed by atoms with Crippen molar-refractivity contribution in [3.05, 3.63) is 41.7 Å². The number of rotatable bonds is 5. The third kappa shape index (κ3) is 4.37. The minimum Gasteiger partial charge on any atom is -0.508 e. The van der Waals surface area contributed by atoms with Crippen LogP contribution in [0, 0.1) is 0 Å². The lowest BCUT2D eigenvalue weighted by Crippen LogP contribution is -2.44. The van der Waals surface area contributed by atoms with Crippen LogP contribution in [0.15, 0.2) is 30.5 Å². The molecule has 4 rings (SSSR count). The van der Waals surface area contributed by atoms with Crippen molar-refractivity contribution in [1.82, 2.24) is 19.9 Å². The number of amides is 1. The quantitative estimate of drug-likeness (QED) is 0.844. The van der Waals surface area contributed by atoms with E-state index in [-0.39, 0.29) is 11.9 Å². The fraction of sp³-hybridized carbons (Fsp3) is 0.591. The Morgan fingerprint density at radius 3 is 2.57 bits per heavy atom. The first-order chi connectivity index (χ1) is 13.7. The van der Waals surface area contributed by atoms with Crippen LogP contribution in [0.3, 0.4) is 0 Å². The Kier molecular flexibility index (Phi) is 5.93. The molecular formula is C22H30N4O2. The maximum Gasteiger partial charge on any atom is 0.276 e. The largest absolute Gasteiger partial charge is 0.508 e. The van der Waals surface area contributed by atoms with Crippen molar-refractivity contribution in [3.8, 4) is 5.75 Å². The molecule has 6 nitrogen and oxygen atoms in total. The molecule has 0 spiro atoms.